The summed E-state index contributed by atoms with van der Waals surface area (Å²) in [6, 6.07) is 15.9. The second-order valence-corrected chi connectivity index (χ2v) is 5.73. The summed E-state index contributed by atoms with van der Waals surface area (Å²) in [5, 5.41) is 2.63. The van der Waals surface area contributed by atoms with Gasteiger partial charge in [0.15, 0.2) is 0 Å². The van der Waals surface area contributed by atoms with Crippen LogP contribution in [-0.2, 0) is 11.3 Å². The van der Waals surface area contributed by atoms with Gasteiger partial charge in [-0.2, -0.15) is 0 Å². The summed E-state index contributed by atoms with van der Waals surface area (Å²) in [6.45, 7) is 0.383. The molecule has 2 aromatic carbocycles. The smallest absolute Gasteiger partial charge is 0.301 e. The highest BCUT2D eigenvalue weighted by atomic mass is 16.4. The molecule has 0 saturated carbocycles. The second kappa shape index (κ2) is 6.24. The summed E-state index contributed by atoms with van der Waals surface area (Å²) < 4.78 is 5.09. The molecule has 2 amide bonds. The van der Waals surface area contributed by atoms with Crippen LogP contribution in [0.1, 0.15) is 27.5 Å². The van der Waals surface area contributed by atoms with E-state index in [2.05, 4.69) is 10.3 Å². The first-order valence-corrected chi connectivity index (χ1v) is 7.88. The lowest BCUT2D eigenvalue weighted by Gasteiger charge is -2.26. The summed E-state index contributed by atoms with van der Waals surface area (Å²) in [4.78, 5) is 31.2. The topological polar surface area (TPSA) is 75.4 Å². The molecule has 4 rings (SSSR count). The number of amides is 2. The fourth-order valence-corrected chi connectivity index (χ4v) is 3.05. The van der Waals surface area contributed by atoms with E-state index >= 15 is 0 Å². The van der Waals surface area contributed by atoms with E-state index in [0.29, 0.717) is 12.1 Å². The van der Waals surface area contributed by atoms with Crippen LogP contribution in [0.15, 0.2) is 71.5 Å². The molecule has 1 N–H and O–H groups in total. The Balaban J connectivity index is 1.69. The van der Waals surface area contributed by atoms with Crippen molar-refractivity contribution >= 4 is 17.8 Å². The number of hydrogen-bond donors (Lipinski definition) is 1. The van der Waals surface area contributed by atoms with Crippen molar-refractivity contribution in [2.75, 3.05) is 5.32 Å². The molecule has 6 nitrogen and oxygen atoms in total. The van der Waals surface area contributed by atoms with Crippen LogP contribution in [0.4, 0.5) is 6.01 Å². The van der Waals surface area contributed by atoms with E-state index in [1.54, 1.807) is 11.0 Å². The van der Waals surface area contributed by atoms with E-state index in [-0.39, 0.29) is 17.8 Å². The Bertz CT molecular complexity index is 907. The molecule has 0 spiro atoms. The number of carbonyl (C=O) groups is 2. The fourth-order valence-electron chi connectivity index (χ4n) is 3.05. The lowest BCUT2D eigenvalue weighted by Crippen LogP contribution is -2.37. The van der Waals surface area contributed by atoms with Crippen molar-refractivity contribution in [3.8, 4) is 0 Å². The molecule has 0 radical (unpaired) electrons. The Kier molecular flexibility index (Phi) is 3.78. The van der Waals surface area contributed by atoms with Crippen LogP contribution in [0, 0.1) is 0 Å². The highest BCUT2D eigenvalue weighted by molar-refractivity contribution is 6.03. The first-order valence-electron chi connectivity index (χ1n) is 7.88. The zero-order chi connectivity index (χ0) is 17.2. The number of hydrogen-bond acceptors (Lipinski definition) is 4. The van der Waals surface area contributed by atoms with Crippen LogP contribution in [0.5, 0.6) is 0 Å². The summed E-state index contributed by atoms with van der Waals surface area (Å²) in [7, 11) is 0. The van der Waals surface area contributed by atoms with Crippen LogP contribution in [0.3, 0.4) is 0 Å². The minimum Gasteiger partial charge on any atom is -0.432 e. The van der Waals surface area contributed by atoms with Gasteiger partial charge in [-0.25, -0.2) is 4.98 Å². The average molecular weight is 333 g/mol. The molecule has 1 aromatic heterocycles. The number of rotatable bonds is 4. The maximum atomic E-state index is 12.9. The quantitative estimate of drug-likeness (QED) is 0.796. The number of nitrogens with one attached hydrogen (secondary N) is 1. The van der Waals surface area contributed by atoms with Gasteiger partial charge >= 0.3 is 6.01 Å². The standard InChI is InChI=1S/C19H15N3O3/c23-17(21-19-20-10-11-25-19)16(13-6-2-1-3-7-13)22-12-14-8-4-5-9-15(14)18(22)24/h1-11,16H,12H2,(H,20,21,23). The summed E-state index contributed by atoms with van der Waals surface area (Å²) in [5.41, 5.74) is 2.28. The molecule has 1 aliphatic rings. The zero-order valence-electron chi connectivity index (χ0n) is 13.3. The number of benzene rings is 2. The SMILES string of the molecule is O=C(Nc1ncco1)C(c1ccccc1)N1Cc2ccccc2C1=O. The van der Waals surface area contributed by atoms with Crippen molar-refractivity contribution in [1.29, 1.82) is 0 Å². The molecule has 1 aliphatic heterocycles. The molecule has 124 valence electrons. The maximum absolute atomic E-state index is 12.9. The van der Waals surface area contributed by atoms with Crippen molar-refractivity contribution in [3.05, 3.63) is 83.7 Å². The number of nitrogens with zero attached hydrogens (tertiary/aromatic N) is 2. The molecule has 2 heterocycles. The number of oxazole rings is 1. The van der Waals surface area contributed by atoms with Gasteiger partial charge in [-0.3, -0.25) is 14.9 Å². The summed E-state index contributed by atoms with van der Waals surface area (Å²) >= 11 is 0. The largest absolute Gasteiger partial charge is 0.432 e. The van der Waals surface area contributed by atoms with E-state index in [4.69, 9.17) is 4.42 Å². The van der Waals surface area contributed by atoms with Crippen LogP contribution in [-0.4, -0.2) is 21.7 Å². The van der Waals surface area contributed by atoms with Gasteiger partial charge in [-0.1, -0.05) is 48.5 Å². The van der Waals surface area contributed by atoms with E-state index in [0.717, 1.165) is 11.1 Å². The molecule has 0 bridgehead atoms. The molecule has 3 aromatic rings. The predicted octanol–water partition coefficient (Wildman–Crippen LogP) is 3.01. The Labute approximate surface area is 144 Å². The number of anilines is 1. The van der Waals surface area contributed by atoms with Crippen LogP contribution < -0.4 is 5.32 Å². The van der Waals surface area contributed by atoms with Gasteiger partial charge in [0.05, 0.1) is 6.20 Å². The monoisotopic (exact) mass is 333 g/mol. The molecule has 0 fully saturated rings. The number of aromatic nitrogens is 1. The first-order chi connectivity index (χ1) is 12.2. The lowest BCUT2D eigenvalue weighted by atomic mass is 10.0. The van der Waals surface area contributed by atoms with Crippen molar-refractivity contribution in [2.24, 2.45) is 0 Å². The third-order valence-corrected chi connectivity index (χ3v) is 4.19. The lowest BCUT2D eigenvalue weighted by molar-refractivity contribution is -0.121. The van der Waals surface area contributed by atoms with Crippen LogP contribution in [0.25, 0.3) is 0 Å². The first kappa shape index (κ1) is 15.1. The fraction of sp³-hybridized carbons (Fsp3) is 0.105. The second-order valence-electron chi connectivity index (χ2n) is 5.73. The minimum atomic E-state index is -0.770. The van der Waals surface area contributed by atoms with Gasteiger partial charge in [0, 0.05) is 12.1 Å². The van der Waals surface area contributed by atoms with Gasteiger partial charge < -0.3 is 9.32 Å². The number of carbonyl (C=O) groups excluding carboxylic acids is 2. The van der Waals surface area contributed by atoms with Crippen molar-refractivity contribution in [1.82, 2.24) is 9.88 Å². The van der Waals surface area contributed by atoms with Gasteiger partial charge in [0.1, 0.15) is 12.3 Å². The van der Waals surface area contributed by atoms with Crippen LogP contribution in [0.2, 0.25) is 0 Å². The van der Waals surface area contributed by atoms with E-state index < -0.39 is 6.04 Å². The molecule has 1 atom stereocenters. The number of fused-ring (bicyclic) bond motifs is 1. The normalized spacial score (nSPS) is 14.2. The average Bonchev–Trinajstić information content (AvgIpc) is 3.25. The Morgan fingerprint density at radius 2 is 1.88 bits per heavy atom. The molecule has 1 unspecified atom stereocenters. The van der Waals surface area contributed by atoms with Crippen LogP contribution >= 0.6 is 0 Å². The highest BCUT2D eigenvalue weighted by Crippen LogP contribution is 2.32. The molecular formula is C19H15N3O3. The van der Waals surface area contributed by atoms with Crippen molar-refractivity contribution in [3.63, 3.8) is 0 Å². The molecular weight excluding hydrogens is 318 g/mol. The van der Waals surface area contributed by atoms with Gasteiger partial charge in [0.25, 0.3) is 11.8 Å². The maximum Gasteiger partial charge on any atom is 0.301 e. The highest BCUT2D eigenvalue weighted by Gasteiger charge is 2.37. The third kappa shape index (κ3) is 2.78. The van der Waals surface area contributed by atoms with Crippen molar-refractivity contribution in [2.45, 2.75) is 12.6 Å². The minimum absolute atomic E-state index is 0.107. The van der Waals surface area contributed by atoms with E-state index in [1.807, 2.05) is 48.5 Å². The zero-order valence-corrected chi connectivity index (χ0v) is 13.3. The Hall–Kier alpha value is -3.41. The van der Waals surface area contributed by atoms with E-state index in [9.17, 15) is 9.59 Å². The predicted molar refractivity (Wildman–Crippen MR) is 90.6 cm³/mol. The molecule has 6 heteroatoms. The summed E-state index contributed by atoms with van der Waals surface area (Å²) in [6.07, 6.45) is 2.83. The molecule has 0 aliphatic carbocycles. The van der Waals surface area contributed by atoms with Crippen molar-refractivity contribution < 1.29 is 14.0 Å². The Morgan fingerprint density at radius 3 is 2.60 bits per heavy atom. The van der Waals surface area contributed by atoms with E-state index in [1.165, 1.54) is 12.5 Å². The Morgan fingerprint density at radius 1 is 1.12 bits per heavy atom. The molecule has 0 saturated heterocycles. The summed E-state index contributed by atoms with van der Waals surface area (Å²) in [5.74, 6) is -0.526. The molecule has 25 heavy (non-hydrogen) atoms. The van der Waals surface area contributed by atoms with Gasteiger partial charge in [-0.15, -0.1) is 0 Å². The van der Waals surface area contributed by atoms with Gasteiger partial charge in [0.2, 0.25) is 0 Å². The third-order valence-electron chi connectivity index (χ3n) is 4.19. The van der Waals surface area contributed by atoms with Gasteiger partial charge in [-0.05, 0) is 17.2 Å².